The molecule has 0 aliphatic carbocycles. The number of nitro groups is 1. The maximum atomic E-state index is 12.6. The molecule has 9 nitrogen and oxygen atoms in total. The molecule has 1 saturated heterocycles. The van der Waals surface area contributed by atoms with Crippen LogP contribution in [0.4, 0.5) is 17.1 Å². The van der Waals surface area contributed by atoms with E-state index >= 15 is 0 Å². The first-order valence-corrected chi connectivity index (χ1v) is 10.7. The fraction of sp³-hybridized carbons (Fsp3) is 0.278. The lowest BCUT2D eigenvalue weighted by Crippen LogP contribution is -2.27. The average molecular weight is 437 g/mol. The Labute approximate surface area is 173 Å². The fourth-order valence-corrected chi connectivity index (χ4v) is 4.71. The molecule has 0 amide bonds. The second-order valence-corrected chi connectivity index (χ2v) is 8.70. The molecule has 0 atom stereocenters. The summed E-state index contributed by atoms with van der Waals surface area (Å²) in [6.07, 6.45) is 1.76. The molecule has 0 spiro atoms. The number of non-ortho nitro benzene ring substituents is 1. The van der Waals surface area contributed by atoms with Crippen molar-refractivity contribution in [2.24, 2.45) is 0 Å². The molecule has 1 fully saturated rings. The zero-order valence-electron chi connectivity index (χ0n) is 15.6. The number of sulfonamides is 1. The molecule has 1 heterocycles. The van der Waals surface area contributed by atoms with Crippen molar-refractivity contribution in [1.82, 2.24) is 4.31 Å². The average Bonchev–Trinajstić information content (AvgIpc) is 3.24. The minimum absolute atomic E-state index is 0.0962. The number of benzene rings is 2. The highest BCUT2D eigenvalue weighted by Crippen LogP contribution is 2.29. The Morgan fingerprint density at radius 1 is 1.14 bits per heavy atom. The number of nitrogens with zero attached hydrogens (tertiary/aromatic N) is 2. The number of thiocarbonyl (C=S) groups is 1. The van der Waals surface area contributed by atoms with E-state index in [0.29, 0.717) is 24.5 Å². The van der Waals surface area contributed by atoms with E-state index in [4.69, 9.17) is 17.0 Å². The highest BCUT2D eigenvalue weighted by molar-refractivity contribution is 7.89. The van der Waals surface area contributed by atoms with Gasteiger partial charge in [-0.2, -0.15) is 4.31 Å². The van der Waals surface area contributed by atoms with Crippen molar-refractivity contribution in [3.63, 3.8) is 0 Å². The van der Waals surface area contributed by atoms with Crippen LogP contribution >= 0.6 is 12.2 Å². The van der Waals surface area contributed by atoms with Crippen molar-refractivity contribution in [3.8, 4) is 5.75 Å². The normalized spacial score (nSPS) is 14.4. The van der Waals surface area contributed by atoms with Crippen LogP contribution in [0.25, 0.3) is 0 Å². The Kier molecular flexibility index (Phi) is 6.30. The summed E-state index contributed by atoms with van der Waals surface area (Å²) in [5, 5.41) is 17.0. The van der Waals surface area contributed by atoms with Gasteiger partial charge >= 0.3 is 0 Å². The fourth-order valence-electron chi connectivity index (χ4n) is 2.97. The summed E-state index contributed by atoms with van der Waals surface area (Å²) in [5.74, 6) is 0.274. The Morgan fingerprint density at radius 2 is 1.79 bits per heavy atom. The highest BCUT2D eigenvalue weighted by atomic mass is 32.2. The summed E-state index contributed by atoms with van der Waals surface area (Å²) in [6, 6.07) is 10.5. The van der Waals surface area contributed by atoms with Crippen LogP contribution in [-0.2, 0) is 10.0 Å². The zero-order valence-corrected chi connectivity index (χ0v) is 17.3. The van der Waals surface area contributed by atoms with Crippen LogP contribution in [0, 0.1) is 10.1 Å². The van der Waals surface area contributed by atoms with E-state index in [-0.39, 0.29) is 21.4 Å². The van der Waals surface area contributed by atoms with E-state index in [0.717, 1.165) is 12.8 Å². The van der Waals surface area contributed by atoms with Crippen molar-refractivity contribution in [3.05, 3.63) is 52.6 Å². The number of ether oxygens (including phenoxy) is 1. The topological polar surface area (TPSA) is 114 Å². The van der Waals surface area contributed by atoms with E-state index < -0.39 is 14.9 Å². The minimum atomic E-state index is -3.47. The second kappa shape index (κ2) is 8.72. The van der Waals surface area contributed by atoms with E-state index in [1.165, 1.54) is 41.7 Å². The number of rotatable bonds is 6. The van der Waals surface area contributed by atoms with E-state index in [1.807, 2.05) is 0 Å². The van der Waals surface area contributed by atoms with Crippen molar-refractivity contribution >= 4 is 44.4 Å². The zero-order chi connectivity index (χ0) is 21.0. The standard InChI is InChI=1S/C18H20N4O5S2/c1-27-17-12-14(22(23)24)6-9-16(17)20-18(28)19-13-4-7-15(8-5-13)29(25,26)21-10-2-3-11-21/h4-9,12H,2-3,10-11H2,1H3,(H2,19,20,28). The molecule has 1 aliphatic rings. The summed E-state index contributed by atoms with van der Waals surface area (Å²) in [7, 11) is -2.06. The summed E-state index contributed by atoms with van der Waals surface area (Å²) in [4.78, 5) is 10.6. The molecule has 0 radical (unpaired) electrons. The van der Waals surface area contributed by atoms with Gasteiger partial charge in [-0.3, -0.25) is 10.1 Å². The lowest BCUT2D eigenvalue weighted by molar-refractivity contribution is -0.384. The SMILES string of the molecule is COc1cc([N+](=O)[O-])ccc1NC(=S)Nc1ccc(S(=O)(=O)N2CCCC2)cc1. The third kappa shape index (κ3) is 4.81. The molecule has 2 aromatic carbocycles. The van der Waals surface area contributed by atoms with Crippen LogP contribution in [0.3, 0.4) is 0 Å². The quantitative estimate of drug-likeness (QED) is 0.403. The summed E-state index contributed by atoms with van der Waals surface area (Å²) < 4.78 is 31.8. The molecule has 0 saturated carbocycles. The van der Waals surface area contributed by atoms with Gasteiger partial charge < -0.3 is 15.4 Å². The molecule has 0 unspecified atom stereocenters. The van der Waals surface area contributed by atoms with Crippen LogP contribution in [0.5, 0.6) is 5.75 Å². The monoisotopic (exact) mass is 436 g/mol. The molecule has 2 aromatic rings. The van der Waals surface area contributed by atoms with Gasteiger partial charge in [-0.05, 0) is 55.4 Å². The van der Waals surface area contributed by atoms with Crippen molar-refractivity contribution < 1.29 is 18.1 Å². The van der Waals surface area contributed by atoms with Gasteiger partial charge in [-0.15, -0.1) is 0 Å². The van der Waals surface area contributed by atoms with Crippen LogP contribution in [0.1, 0.15) is 12.8 Å². The van der Waals surface area contributed by atoms with Gasteiger partial charge in [0.1, 0.15) is 5.75 Å². The van der Waals surface area contributed by atoms with Crippen LogP contribution < -0.4 is 15.4 Å². The first kappa shape index (κ1) is 21.0. The minimum Gasteiger partial charge on any atom is -0.494 e. The lowest BCUT2D eigenvalue weighted by atomic mass is 10.2. The molecular weight excluding hydrogens is 416 g/mol. The number of hydrogen-bond acceptors (Lipinski definition) is 6. The van der Waals surface area contributed by atoms with Gasteiger partial charge in [0.05, 0.1) is 28.7 Å². The van der Waals surface area contributed by atoms with Crippen molar-refractivity contribution in [2.75, 3.05) is 30.8 Å². The van der Waals surface area contributed by atoms with Gasteiger partial charge in [0.2, 0.25) is 10.0 Å². The van der Waals surface area contributed by atoms with Gasteiger partial charge in [-0.25, -0.2) is 8.42 Å². The Bertz CT molecular complexity index is 1020. The van der Waals surface area contributed by atoms with Crippen molar-refractivity contribution in [2.45, 2.75) is 17.7 Å². The molecule has 3 rings (SSSR count). The molecular formula is C18H20N4O5S2. The second-order valence-electron chi connectivity index (χ2n) is 6.36. The predicted molar refractivity (Wildman–Crippen MR) is 114 cm³/mol. The maximum Gasteiger partial charge on any atom is 0.273 e. The van der Waals surface area contributed by atoms with Crippen LogP contribution in [-0.4, -0.2) is 43.0 Å². The van der Waals surface area contributed by atoms with Crippen LogP contribution in [0.2, 0.25) is 0 Å². The molecule has 154 valence electrons. The van der Waals surface area contributed by atoms with E-state index in [1.54, 1.807) is 12.1 Å². The molecule has 0 bridgehead atoms. The third-order valence-electron chi connectivity index (χ3n) is 4.46. The molecule has 1 aliphatic heterocycles. The third-order valence-corrected chi connectivity index (χ3v) is 6.58. The summed E-state index contributed by atoms with van der Waals surface area (Å²) >= 11 is 5.27. The van der Waals surface area contributed by atoms with E-state index in [2.05, 4.69) is 10.6 Å². The number of anilines is 2. The molecule has 0 aromatic heterocycles. The predicted octanol–water partition coefficient (Wildman–Crippen LogP) is 3.20. The number of nitrogens with one attached hydrogen (secondary N) is 2. The van der Waals surface area contributed by atoms with E-state index in [9.17, 15) is 18.5 Å². The molecule has 11 heteroatoms. The first-order chi connectivity index (χ1) is 13.8. The Balaban J connectivity index is 1.68. The van der Waals surface area contributed by atoms with Gasteiger partial charge in [0.25, 0.3) is 5.69 Å². The van der Waals surface area contributed by atoms with Gasteiger partial charge in [-0.1, -0.05) is 0 Å². The number of hydrogen-bond donors (Lipinski definition) is 2. The van der Waals surface area contributed by atoms with Gasteiger partial charge in [0.15, 0.2) is 5.11 Å². The van der Waals surface area contributed by atoms with Crippen LogP contribution in [0.15, 0.2) is 47.4 Å². The summed E-state index contributed by atoms with van der Waals surface area (Å²) in [5.41, 5.74) is 0.966. The Hall–Kier alpha value is -2.76. The van der Waals surface area contributed by atoms with Gasteiger partial charge in [0, 0.05) is 24.8 Å². The number of methoxy groups -OCH3 is 1. The smallest absolute Gasteiger partial charge is 0.273 e. The molecule has 2 N–H and O–H groups in total. The first-order valence-electron chi connectivity index (χ1n) is 8.82. The lowest BCUT2D eigenvalue weighted by Gasteiger charge is -2.16. The van der Waals surface area contributed by atoms with Crippen molar-refractivity contribution in [1.29, 1.82) is 0 Å². The largest absolute Gasteiger partial charge is 0.494 e. The highest BCUT2D eigenvalue weighted by Gasteiger charge is 2.26. The maximum absolute atomic E-state index is 12.6. The molecule has 29 heavy (non-hydrogen) atoms. The number of nitro benzene ring substituents is 1. The Morgan fingerprint density at radius 3 is 2.38 bits per heavy atom. The summed E-state index contributed by atoms with van der Waals surface area (Å²) in [6.45, 7) is 1.10.